The van der Waals surface area contributed by atoms with Gasteiger partial charge in [0.2, 0.25) is 0 Å². The van der Waals surface area contributed by atoms with E-state index < -0.39 is 0 Å². The highest BCUT2D eigenvalue weighted by Gasteiger charge is 2.18. The molecular formula is C12H20N2OS. The number of aliphatic hydroxyl groups excluding tert-OH is 1. The van der Waals surface area contributed by atoms with Crippen molar-refractivity contribution in [2.45, 2.75) is 26.0 Å². The van der Waals surface area contributed by atoms with E-state index in [9.17, 15) is 5.11 Å². The minimum Gasteiger partial charge on any atom is -0.390 e. The molecule has 0 radical (unpaired) electrons. The van der Waals surface area contributed by atoms with Crippen LogP contribution in [0.1, 0.15) is 17.4 Å². The minimum atomic E-state index is -0.250. The maximum Gasteiger partial charge on any atom is 0.0791 e. The van der Waals surface area contributed by atoms with Crippen LogP contribution < -0.4 is 5.32 Å². The quantitative estimate of drug-likeness (QED) is 0.808. The first-order chi connectivity index (χ1) is 7.79. The highest BCUT2D eigenvalue weighted by atomic mass is 32.1. The lowest BCUT2D eigenvalue weighted by Crippen LogP contribution is -2.40. The molecule has 0 amide bonds. The van der Waals surface area contributed by atoms with E-state index in [4.69, 9.17) is 0 Å². The molecule has 0 fully saturated rings. The Morgan fingerprint density at radius 3 is 3.31 bits per heavy atom. The maximum atomic E-state index is 9.83. The molecule has 1 aromatic rings. The number of rotatable bonds is 5. The zero-order valence-electron chi connectivity index (χ0n) is 9.78. The number of nitrogens with zero attached hydrogens (tertiary/aromatic N) is 1. The first-order valence-corrected chi connectivity index (χ1v) is 6.84. The van der Waals surface area contributed by atoms with Crippen LogP contribution >= 0.6 is 11.3 Å². The Labute approximate surface area is 101 Å². The Kier molecular flexibility index (Phi) is 4.35. The average Bonchev–Trinajstić information content (AvgIpc) is 2.73. The van der Waals surface area contributed by atoms with Gasteiger partial charge in [-0.25, -0.2) is 0 Å². The van der Waals surface area contributed by atoms with Crippen LogP contribution in [0.5, 0.6) is 0 Å². The molecule has 4 heteroatoms. The third kappa shape index (κ3) is 3.04. The van der Waals surface area contributed by atoms with Crippen LogP contribution in [0.25, 0.3) is 0 Å². The Balaban J connectivity index is 1.80. The van der Waals surface area contributed by atoms with Crippen LogP contribution in [0, 0.1) is 0 Å². The molecule has 1 atom stereocenters. The zero-order chi connectivity index (χ0) is 11.4. The number of likely N-dealkylation sites (N-methyl/N-ethyl adjacent to an activating group) is 1. The van der Waals surface area contributed by atoms with E-state index in [1.54, 1.807) is 0 Å². The second-order valence-corrected chi connectivity index (χ2v) is 5.32. The number of aliphatic hydroxyl groups is 1. The van der Waals surface area contributed by atoms with Gasteiger partial charge in [-0.2, -0.15) is 0 Å². The lowest BCUT2D eigenvalue weighted by Gasteiger charge is -2.28. The largest absolute Gasteiger partial charge is 0.390 e. The molecule has 0 aromatic carbocycles. The van der Waals surface area contributed by atoms with Gasteiger partial charge in [0.1, 0.15) is 0 Å². The smallest absolute Gasteiger partial charge is 0.0791 e. The van der Waals surface area contributed by atoms with Gasteiger partial charge in [0.05, 0.1) is 6.10 Å². The molecule has 1 aliphatic rings. The van der Waals surface area contributed by atoms with Gasteiger partial charge < -0.3 is 10.4 Å². The van der Waals surface area contributed by atoms with Gasteiger partial charge in [-0.15, -0.1) is 11.3 Å². The minimum absolute atomic E-state index is 0.250. The summed E-state index contributed by atoms with van der Waals surface area (Å²) in [7, 11) is 0. The van der Waals surface area contributed by atoms with Crippen molar-refractivity contribution in [3.63, 3.8) is 0 Å². The van der Waals surface area contributed by atoms with Crippen molar-refractivity contribution in [2.75, 3.05) is 26.2 Å². The highest BCUT2D eigenvalue weighted by molar-refractivity contribution is 7.10. The first kappa shape index (κ1) is 12.0. The summed E-state index contributed by atoms with van der Waals surface area (Å²) in [6, 6.07) is 2.21. The molecule has 3 nitrogen and oxygen atoms in total. The number of hydrogen-bond donors (Lipinski definition) is 2. The van der Waals surface area contributed by atoms with Crippen LogP contribution in [0.4, 0.5) is 0 Å². The molecule has 90 valence electrons. The van der Waals surface area contributed by atoms with E-state index in [-0.39, 0.29) is 6.10 Å². The van der Waals surface area contributed by atoms with Gasteiger partial charge in [-0.1, -0.05) is 6.92 Å². The van der Waals surface area contributed by atoms with E-state index in [0.29, 0.717) is 6.54 Å². The lowest BCUT2D eigenvalue weighted by molar-refractivity contribution is 0.105. The van der Waals surface area contributed by atoms with E-state index in [2.05, 4.69) is 28.6 Å². The third-order valence-corrected chi connectivity index (χ3v) is 4.01. The number of nitrogens with one attached hydrogen (secondary N) is 1. The summed E-state index contributed by atoms with van der Waals surface area (Å²) >= 11 is 1.86. The van der Waals surface area contributed by atoms with Crippen LogP contribution in [-0.2, 0) is 13.0 Å². The Morgan fingerprint density at radius 2 is 2.50 bits per heavy atom. The van der Waals surface area contributed by atoms with Crippen molar-refractivity contribution in [1.82, 2.24) is 10.2 Å². The normalized spacial score (nSPS) is 18.4. The van der Waals surface area contributed by atoms with Crippen molar-refractivity contribution >= 4 is 11.3 Å². The fourth-order valence-corrected chi connectivity index (χ4v) is 3.03. The summed E-state index contributed by atoms with van der Waals surface area (Å²) in [5.74, 6) is 0. The third-order valence-electron chi connectivity index (χ3n) is 2.99. The van der Waals surface area contributed by atoms with Gasteiger partial charge >= 0.3 is 0 Å². The van der Waals surface area contributed by atoms with Crippen LogP contribution in [0.3, 0.4) is 0 Å². The Hall–Kier alpha value is -0.420. The second-order valence-electron chi connectivity index (χ2n) is 4.32. The van der Waals surface area contributed by atoms with Crippen molar-refractivity contribution < 1.29 is 5.11 Å². The van der Waals surface area contributed by atoms with Crippen molar-refractivity contribution in [1.29, 1.82) is 0 Å². The number of hydrogen-bond acceptors (Lipinski definition) is 4. The number of thiophene rings is 1. The Morgan fingerprint density at radius 1 is 1.62 bits per heavy atom. The molecule has 16 heavy (non-hydrogen) atoms. The van der Waals surface area contributed by atoms with Gasteiger partial charge in [-0.3, -0.25) is 4.90 Å². The molecule has 0 spiro atoms. The molecule has 1 aliphatic heterocycles. The topological polar surface area (TPSA) is 35.5 Å². The molecule has 1 aromatic heterocycles. The van der Waals surface area contributed by atoms with Gasteiger partial charge in [0.25, 0.3) is 0 Å². The Bertz CT molecular complexity index is 327. The summed E-state index contributed by atoms with van der Waals surface area (Å²) in [6.45, 7) is 6.54. The molecule has 2 heterocycles. The molecule has 2 N–H and O–H groups in total. The maximum absolute atomic E-state index is 9.83. The van der Waals surface area contributed by atoms with Gasteiger partial charge in [0, 0.05) is 31.1 Å². The van der Waals surface area contributed by atoms with Crippen molar-refractivity contribution in [3.05, 3.63) is 21.9 Å². The van der Waals surface area contributed by atoms with Crippen LogP contribution in [-0.4, -0.2) is 42.3 Å². The highest BCUT2D eigenvalue weighted by Crippen LogP contribution is 2.23. The lowest BCUT2D eigenvalue weighted by atomic mass is 10.1. The monoisotopic (exact) mass is 240 g/mol. The summed E-state index contributed by atoms with van der Waals surface area (Å²) in [4.78, 5) is 3.87. The molecular weight excluding hydrogens is 220 g/mol. The van der Waals surface area contributed by atoms with E-state index in [1.165, 1.54) is 10.4 Å². The summed E-state index contributed by atoms with van der Waals surface area (Å²) in [6.07, 6.45) is 0.890. The molecule has 0 saturated heterocycles. The van der Waals surface area contributed by atoms with Crippen LogP contribution in [0.15, 0.2) is 11.4 Å². The summed E-state index contributed by atoms with van der Waals surface area (Å²) in [5.41, 5.74) is 1.45. The van der Waals surface area contributed by atoms with Crippen LogP contribution in [0.2, 0.25) is 0 Å². The van der Waals surface area contributed by atoms with Gasteiger partial charge in [0.15, 0.2) is 0 Å². The van der Waals surface area contributed by atoms with Crippen molar-refractivity contribution in [3.8, 4) is 0 Å². The molecule has 1 unspecified atom stereocenters. The molecule has 0 aliphatic carbocycles. The van der Waals surface area contributed by atoms with E-state index in [0.717, 1.165) is 32.6 Å². The fourth-order valence-electron chi connectivity index (χ4n) is 2.14. The fraction of sp³-hybridized carbons (Fsp3) is 0.667. The molecule has 0 bridgehead atoms. The number of fused-ring (bicyclic) bond motifs is 1. The SMILES string of the molecule is CCNCC(O)CN1CCc2sccc2C1. The molecule has 2 rings (SSSR count). The number of β-amino-alcohol motifs (C(OH)–C–C–N with tert-alkyl or cyclic N) is 1. The average molecular weight is 240 g/mol. The van der Waals surface area contributed by atoms with Gasteiger partial charge in [-0.05, 0) is 30.0 Å². The predicted molar refractivity (Wildman–Crippen MR) is 67.9 cm³/mol. The summed E-state index contributed by atoms with van der Waals surface area (Å²) in [5, 5.41) is 15.2. The first-order valence-electron chi connectivity index (χ1n) is 5.96. The van der Waals surface area contributed by atoms with E-state index in [1.807, 2.05) is 11.3 Å². The van der Waals surface area contributed by atoms with E-state index >= 15 is 0 Å². The zero-order valence-corrected chi connectivity index (χ0v) is 10.6. The molecule has 0 saturated carbocycles. The van der Waals surface area contributed by atoms with Crippen molar-refractivity contribution in [2.24, 2.45) is 0 Å². The second kappa shape index (κ2) is 5.77. The summed E-state index contributed by atoms with van der Waals surface area (Å²) < 4.78 is 0. The predicted octanol–water partition coefficient (Wildman–Crippen LogP) is 1.08. The standard InChI is InChI=1S/C12H20N2OS/c1-2-13-7-11(15)9-14-5-3-12-10(8-14)4-6-16-12/h4,6,11,13,15H,2-3,5,7-9H2,1H3.